The minimum absolute atomic E-state index is 0.225. The molecule has 3 rings (SSSR count). The van der Waals surface area contributed by atoms with Crippen LogP contribution < -0.4 is 10.6 Å². The Bertz CT molecular complexity index is 1520. The molecule has 0 aliphatic carbocycles. The average molecular weight is 1040 g/mol. The topological polar surface area (TPSA) is 373 Å². The Kier molecular flexibility index (Phi) is 30.0. The van der Waals surface area contributed by atoms with E-state index in [1.165, 1.54) is 51.4 Å². The lowest BCUT2D eigenvalue weighted by atomic mass is 9.88. The van der Waals surface area contributed by atoms with Crippen LogP contribution in [0.1, 0.15) is 156 Å². The van der Waals surface area contributed by atoms with Crippen molar-refractivity contribution in [3.05, 3.63) is 0 Å². The quantitative estimate of drug-likeness (QED) is 0.0351. The SMILES string of the molecule is CCCCCCCCCCCC(=O)NC(COC1OC(CO)C(OC2OC(CO)C(O)C(OC3(C(=O)O)CC(O)C(NC(C)=O)C(C(O)C(O)CO)O3)C2O)C(O)C1O)C(O)CCCCCCCCCCC. The summed E-state index contributed by atoms with van der Waals surface area (Å²) in [6.45, 7) is 2.06. The molecule has 23 heteroatoms. The molecule has 0 saturated carbocycles. The molecule has 72 heavy (non-hydrogen) atoms. The predicted octanol–water partition coefficient (Wildman–Crippen LogP) is -0.512. The summed E-state index contributed by atoms with van der Waals surface area (Å²) in [6, 6.07) is -2.52. The second-order valence-corrected chi connectivity index (χ2v) is 19.7. The third-order valence-electron chi connectivity index (χ3n) is 13.8. The Morgan fingerprint density at radius 3 is 1.74 bits per heavy atom. The van der Waals surface area contributed by atoms with E-state index in [0.717, 1.165) is 58.3 Å². The number of aliphatic hydroxyl groups is 11. The number of hydrogen-bond donors (Lipinski definition) is 14. The van der Waals surface area contributed by atoms with Crippen molar-refractivity contribution in [1.29, 1.82) is 0 Å². The van der Waals surface area contributed by atoms with Gasteiger partial charge in [0.1, 0.15) is 67.1 Å². The molecule has 0 aromatic carbocycles. The summed E-state index contributed by atoms with van der Waals surface area (Å²) in [6.07, 6.45) is -9.40. The van der Waals surface area contributed by atoms with Gasteiger partial charge in [-0.3, -0.25) is 9.59 Å². The molecule has 0 spiro atoms. The van der Waals surface area contributed by atoms with Crippen LogP contribution in [-0.4, -0.2) is 215 Å². The Morgan fingerprint density at radius 1 is 0.667 bits per heavy atom. The molecule has 3 saturated heterocycles. The van der Waals surface area contributed by atoms with Crippen LogP contribution in [0.15, 0.2) is 0 Å². The van der Waals surface area contributed by atoms with Gasteiger partial charge >= 0.3 is 5.97 Å². The lowest BCUT2D eigenvalue weighted by Gasteiger charge is -2.50. The molecule has 3 aliphatic rings. The summed E-state index contributed by atoms with van der Waals surface area (Å²) in [7, 11) is 0. The fraction of sp³-hybridized carbons (Fsp3) is 0.939. The van der Waals surface area contributed by atoms with E-state index in [1.807, 2.05) is 0 Å². The van der Waals surface area contributed by atoms with Gasteiger partial charge in [-0.25, -0.2) is 4.79 Å². The first kappa shape index (κ1) is 64.0. The van der Waals surface area contributed by atoms with E-state index in [0.29, 0.717) is 19.3 Å². The maximum Gasteiger partial charge on any atom is 0.364 e. The van der Waals surface area contributed by atoms with Gasteiger partial charge in [0, 0.05) is 19.8 Å². The molecule has 0 aromatic rings. The summed E-state index contributed by atoms with van der Waals surface area (Å²) in [5.74, 6) is -6.11. The second kappa shape index (κ2) is 33.7. The first-order valence-corrected chi connectivity index (χ1v) is 26.4. The highest BCUT2D eigenvalue weighted by atomic mass is 16.8. The molecular weight excluding hydrogens is 953 g/mol. The third-order valence-corrected chi connectivity index (χ3v) is 13.8. The lowest BCUT2D eigenvalue weighted by molar-refractivity contribution is -0.386. The van der Waals surface area contributed by atoms with Crippen molar-refractivity contribution in [2.45, 2.75) is 265 Å². The van der Waals surface area contributed by atoms with Crippen molar-refractivity contribution in [3.8, 4) is 0 Å². The monoisotopic (exact) mass is 1040 g/mol. The molecule has 3 heterocycles. The number of aliphatic carboxylic acids is 1. The number of hydrogen-bond acceptors (Lipinski definition) is 20. The smallest absolute Gasteiger partial charge is 0.364 e. The Morgan fingerprint density at radius 2 is 1.21 bits per heavy atom. The first-order valence-electron chi connectivity index (χ1n) is 26.4. The average Bonchev–Trinajstić information content (AvgIpc) is 3.35. The van der Waals surface area contributed by atoms with Gasteiger partial charge in [-0.2, -0.15) is 0 Å². The summed E-state index contributed by atoms with van der Waals surface area (Å²) in [4.78, 5) is 38.1. The van der Waals surface area contributed by atoms with Gasteiger partial charge < -0.3 is 100 Å². The van der Waals surface area contributed by atoms with Crippen molar-refractivity contribution in [3.63, 3.8) is 0 Å². The molecule has 0 aromatic heterocycles. The van der Waals surface area contributed by atoms with E-state index in [1.54, 1.807) is 0 Å². The molecule has 18 atom stereocenters. The molecular formula is C49H90N2O21. The zero-order valence-electron chi connectivity index (χ0n) is 42.5. The van der Waals surface area contributed by atoms with Gasteiger partial charge in [0.15, 0.2) is 12.6 Å². The minimum Gasteiger partial charge on any atom is -0.477 e. The van der Waals surface area contributed by atoms with E-state index in [4.69, 9.17) is 28.4 Å². The van der Waals surface area contributed by atoms with E-state index in [2.05, 4.69) is 24.5 Å². The van der Waals surface area contributed by atoms with Crippen LogP contribution in [0.3, 0.4) is 0 Å². The van der Waals surface area contributed by atoms with Crippen molar-refractivity contribution in [2.24, 2.45) is 0 Å². The highest BCUT2D eigenvalue weighted by Crippen LogP contribution is 2.38. The molecule has 0 radical (unpaired) electrons. The number of unbranched alkanes of at least 4 members (excludes halogenated alkanes) is 16. The maximum atomic E-state index is 13.2. The number of ether oxygens (including phenoxy) is 6. The summed E-state index contributed by atoms with van der Waals surface area (Å²) in [5.41, 5.74) is 0. The predicted molar refractivity (Wildman–Crippen MR) is 255 cm³/mol. The number of rotatable bonds is 36. The number of amides is 2. The van der Waals surface area contributed by atoms with Crippen molar-refractivity contribution >= 4 is 17.8 Å². The molecule has 3 fully saturated rings. The third kappa shape index (κ3) is 19.7. The van der Waals surface area contributed by atoms with E-state index in [-0.39, 0.29) is 18.9 Å². The highest BCUT2D eigenvalue weighted by Gasteiger charge is 2.60. The van der Waals surface area contributed by atoms with Gasteiger partial charge in [-0.05, 0) is 12.8 Å². The fourth-order valence-electron chi connectivity index (χ4n) is 9.47. The molecule has 14 N–H and O–H groups in total. The van der Waals surface area contributed by atoms with E-state index >= 15 is 0 Å². The number of carbonyl (C=O) groups is 3. The van der Waals surface area contributed by atoms with Gasteiger partial charge in [0.25, 0.3) is 5.79 Å². The fourth-order valence-corrected chi connectivity index (χ4v) is 9.47. The minimum atomic E-state index is -3.07. The zero-order valence-corrected chi connectivity index (χ0v) is 42.5. The van der Waals surface area contributed by atoms with Gasteiger partial charge in [-0.1, -0.05) is 123 Å². The van der Waals surface area contributed by atoms with Crippen LogP contribution in [0, 0.1) is 0 Å². The second-order valence-electron chi connectivity index (χ2n) is 19.7. The molecule has 2 amide bonds. The molecule has 3 aliphatic heterocycles. The highest BCUT2D eigenvalue weighted by molar-refractivity contribution is 5.77. The summed E-state index contributed by atoms with van der Waals surface area (Å²) < 4.78 is 34.5. The van der Waals surface area contributed by atoms with Crippen LogP contribution in [0.4, 0.5) is 0 Å². The number of carboxylic acids is 1. The molecule has 23 nitrogen and oxygen atoms in total. The standard InChI is InChI=1S/C49H90N2O21/c1-4-6-8-10-12-14-16-18-20-22-31(56)30(51-36(59)23-21-19-17-15-13-11-9-7-5-2)28-67-46-41(63)40(62)43(35(27-54)69-46)70-47-42(64)45(39(61)34(26-53)68-47)72-49(48(65)66)24-32(57)37(50-29(3)55)44(71-49)38(60)33(58)25-52/h30-35,37-47,52-54,56-58,60-64H,4-28H2,1-3H3,(H,50,55)(H,51,59)(H,65,66). The first-order chi connectivity index (χ1) is 34.4. The largest absolute Gasteiger partial charge is 0.477 e. The van der Waals surface area contributed by atoms with Crippen LogP contribution in [-0.2, 0) is 42.8 Å². The van der Waals surface area contributed by atoms with Crippen LogP contribution >= 0.6 is 0 Å². The lowest BCUT2D eigenvalue weighted by Crippen LogP contribution is -2.70. The number of carbonyl (C=O) groups excluding carboxylic acids is 2. The molecule has 422 valence electrons. The van der Waals surface area contributed by atoms with Gasteiger partial charge in [-0.15, -0.1) is 0 Å². The van der Waals surface area contributed by atoms with Crippen molar-refractivity contribution < 1.29 is 104 Å². The Balaban J connectivity index is 1.73. The van der Waals surface area contributed by atoms with Crippen LogP contribution in [0.5, 0.6) is 0 Å². The van der Waals surface area contributed by atoms with Gasteiger partial charge in [0.2, 0.25) is 11.8 Å². The number of nitrogens with one attached hydrogen (secondary N) is 2. The van der Waals surface area contributed by atoms with Crippen molar-refractivity contribution in [1.82, 2.24) is 10.6 Å². The van der Waals surface area contributed by atoms with Crippen LogP contribution in [0.2, 0.25) is 0 Å². The number of carboxylic acid groups (broad SMARTS) is 1. The van der Waals surface area contributed by atoms with E-state index < -0.39 is 148 Å². The Hall–Kier alpha value is -2.27. The van der Waals surface area contributed by atoms with Crippen LogP contribution in [0.25, 0.3) is 0 Å². The van der Waals surface area contributed by atoms with Gasteiger partial charge in [0.05, 0.1) is 50.7 Å². The summed E-state index contributed by atoms with van der Waals surface area (Å²) in [5, 5.41) is 135. The van der Waals surface area contributed by atoms with E-state index in [9.17, 15) is 75.7 Å². The normalized spacial score (nSPS) is 32.7. The molecule has 18 unspecified atom stereocenters. The van der Waals surface area contributed by atoms with Crippen molar-refractivity contribution in [2.75, 3.05) is 26.4 Å². The summed E-state index contributed by atoms with van der Waals surface area (Å²) >= 11 is 0. The molecule has 0 bridgehead atoms. The number of aliphatic hydroxyl groups excluding tert-OH is 11. The Labute approximate surface area is 423 Å². The maximum absolute atomic E-state index is 13.2. The zero-order chi connectivity index (χ0) is 53.4.